The Kier molecular flexibility index (Phi) is 7.05. The van der Waals surface area contributed by atoms with Gasteiger partial charge in [0, 0.05) is 25.2 Å². The number of ether oxygens (including phenoxy) is 1. The van der Waals surface area contributed by atoms with Crippen LogP contribution in [0, 0.1) is 13.8 Å². The second-order valence-corrected chi connectivity index (χ2v) is 9.25. The van der Waals surface area contributed by atoms with Crippen molar-refractivity contribution in [3.63, 3.8) is 0 Å². The molecule has 0 atom stereocenters. The van der Waals surface area contributed by atoms with E-state index in [0.29, 0.717) is 44.0 Å². The number of aryl methyl sites for hydroxylation is 3. The molecular formula is C22H28N2O4S. The van der Waals surface area contributed by atoms with Crippen molar-refractivity contribution in [2.45, 2.75) is 31.6 Å². The molecule has 0 aliphatic carbocycles. The normalized spacial score (nSPS) is 15.2. The second kappa shape index (κ2) is 9.52. The van der Waals surface area contributed by atoms with Gasteiger partial charge in [-0.15, -0.1) is 0 Å². The molecule has 0 saturated carbocycles. The van der Waals surface area contributed by atoms with Crippen LogP contribution < -0.4 is 5.32 Å². The second-order valence-electron chi connectivity index (χ2n) is 7.34. The number of sulfonamides is 1. The van der Waals surface area contributed by atoms with Gasteiger partial charge in [-0.25, -0.2) is 8.42 Å². The number of amides is 1. The topological polar surface area (TPSA) is 75.7 Å². The molecule has 0 aromatic heterocycles. The minimum atomic E-state index is -3.64. The minimum Gasteiger partial charge on any atom is -0.379 e. The average Bonchev–Trinajstić information content (AvgIpc) is 2.73. The monoisotopic (exact) mass is 416 g/mol. The fourth-order valence-electron chi connectivity index (χ4n) is 3.30. The summed E-state index contributed by atoms with van der Waals surface area (Å²) in [6.45, 7) is 5.77. The fraction of sp³-hybridized carbons (Fsp3) is 0.409. The van der Waals surface area contributed by atoms with Crippen molar-refractivity contribution in [2.75, 3.05) is 32.8 Å². The zero-order chi connectivity index (χ0) is 20.9. The largest absolute Gasteiger partial charge is 0.379 e. The van der Waals surface area contributed by atoms with Crippen LogP contribution in [0.2, 0.25) is 0 Å². The molecule has 0 spiro atoms. The molecule has 1 amide bonds. The molecule has 156 valence electrons. The molecule has 1 fully saturated rings. The predicted molar refractivity (Wildman–Crippen MR) is 113 cm³/mol. The van der Waals surface area contributed by atoms with Gasteiger partial charge in [-0.2, -0.15) is 4.31 Å². The highest BCUT2D eigenvalue weighted by Gasteiger charge is 2.28. The van der Waals surface area contributed by atoms with Gasteiger partial charge in [0.15, 0.2) is 0 Å². The summed E-state index contributed by atoms with van der Waals surface area (Å²) in [5.41, 5.74) is 3.45. The molecule has 0 unspecified atom stereocenters. The number of nitrogens with one attached hydrogen (secondary N) is 1. The van der Waals surface area contributed by atoms with E-state index in [-0.39, 0.29) is 10.8 Å². The van der Waals surface area contributed by atoms with Gasteiger partial charge in [-0.05, 0) is 49.9 Å². The third-order valence-corrected chi connectivity index (χ3v) is 7.13. The van der Waals surface area contributed by atoms with Gasteiger partial charge in [-0.3, -0.25) is 4.79 Å². The van der Waals surface area contributed by atoms with Gasteiger partial charge in [-0.1, -0.05) is 35.9 Å². The highest BCUT2D eigenvalue weighted by atomic mass is 32.2. The molecule has 29 heavy (non-hydrogen) atoms. The number of carbonyl (C=O) groups excluding carboxylic acids is 1. The smallest absolute Gasteiger partial charge is 0.251 e. The Bertz CT molecular complexity index is 949. The van der Waals surface area contributed by atoms with Crippen LogP contribution in [0.3, 0.4) is 0 Å². The van der Waals surface area contributed by atoms with E-state index in [9.17, 15) is 13.2 Å². The maximum atomic E-state index is 13.0. The van der Waals surface area contributed by atoms with Gasteiger partial charge in [0.1, 0.15) is 0 Å². The molecule has 1 aliphatic rings. The Morgan fingerprint density at radius 1 is 1.07 bits per heavy atom. The highest BCUT2D eigenvalue weighted by Crippen LogP contribution is 2.22. The van der Waals surface area contributed by atoms with Gasteiger partial charge in [0.25, 0.3) is 5.91 Å². The molecule has 7 heteroatoms. The van der Waals surface area contributed by atoms with Crippen molar-refractivity contribution in [1.29, 1.82) is 0 Å². The Balaban J connectivity index is 1.62. The molecule has 0 bridgehead atoms. The molecule has 0 radical (unpaired) electrons. The third kappa shape index (κ3) is 5.44. The maximum absolute atomic E-state index is 13.0. The molecule has 1 saturated heterocycles. The molecule has 6 nitrogen and oxygen atoms in total. The van der Waals surface area contributed by atoms with E-state index in [1.165, 1.54) is 21.5 Å². The highest BCUT2D eigenvalue weighted by molar-refractivity contribution is 7.89. The Morgan fingerprint density at radius 2 is 1.76 bits per heavy atom. The van der Waals surface area contributed by atoms with E-state index in [2.05, 4.69) is 36.5 Å². The first kappa shape index (κ1) is 21.5. The number of hydrogen-bond donors (Lipinski definition) is 1. The average molecular weight is 417 g/mol. The van der Waals surface area contributed by atoms with Crippen LogP contribution >= 0.6 is 0 Å². The number of carbonyl (C=O) groups is 1. The summed E-state index contributed by atoms with van der Waals surface area (Å²) in [7, 11) is -3.64. The van der Waals surface area contributed by atoms with E-state index in [0.717, 1.165) is 12.8 Å². The van der Waals surface area contributed by atoms with E-state index < -0.39 is 10.0 Å². The van der Waals surface area contributed by atoms with Crippen molar-refractivity contribution in [3.05, 3.63) is 64.7 Å². The van der Waals surface area contributed by atoms with Gasteiger partial charge in [0.05, 0.1) is 18.1 Å². The first-order valence-corrected chi connectivity index (χ1v) is 11.3. The van der Waals surface area contributed by atoms with Crippen molar-refractivity contribution in [2.24, 2.45) is 0 Å². The zero-order valence-electron chi connectivity index (χ0n) is 17.0. The molecule has 1 heterocycles. The number of hydrogen-bond acceptors (Lipinski definition) is 4. The lowest BCUT2D eigenvalue weighted by atomic mass is 10.1. The van der Waals surface area contributed by atoms with E-state index >= 15 is 0 Å². The van der Waals surface area contributed by atoms with Crippen LogP contribution in [0.5, 0.6) is 0 Å². The summed E-state index contributed by atoms with van der Waals surface area (Å²) < 4.78 is 32.6. The first-order chi connectivity index (χ1) is 13.9. The SMILES string of the molecule is Cc1ccc(CCCNC(=O)c2ccc(C)c(S(=O)(=O)N3CCOCC3)c2)cc1. The third-order valence-electron chi connectivity index (χ3n) is 5.09. The van der Waals surface area contributed by atoms with Crippen molar-refractivity contribution < 1.29 is 17.9 Å². The molecule has 2 aromatic carbocycles. The Hall–Kier alpha value is -2.22. The molecule has 1 N–H and O–H groups in total. The number of nitrogens with zero attached hydrogens (tertiary/aromatic N) is 1. The summed E-state index contributed by atoms with van der Waals surface area (Å²) in [5, 5.41) is 2.89. The van der Waals surface area contributed by atoms with Crippen LogP contribution in [0.4, 0.5) is 0 Å². The van der Waals surface area contributed by atoms with Crippen molar-refractivity contribution in [1.82, 2.24) is 9.62 Å². The molecule has 2 aromatic rings. The Morgan fingerprint density at radius 3 is 2.45 bits per heavy atom. The first-order valence-electron chi connectivity index (χ1n) is 9.90. The van der Waals surface area contributed by atoms with Crippen LogP contribution in [0.1, 0.15) is 33.5 Å². The van der Waals surface area contributed by atoms with Gasteiger partial charge >= 0.3 is 0 Å². The molecular weight excluding hydrogens is 388 g/mol. The van der Waals surface area contributed by atoms with Gasteiger partial charge < -0.3 is 10.1 Å². The van der Waals surface area contributed by atoms with E-state index in [1.807, 2.05) is 0 Å². The standard InChI is InChI=1S/C22H28N2O4S/c1-17-5-8-19(9-6-17)4-3-11-23-22(25)20-10-7-18(2)21(16-20)29(26,27)24-12-14-28-15-13-24/h5-10,16H,3-4,11-15H2,1-2H3,(H,23,25). The van der Waals surface area contributed by atoms with E-state index in [1.54, 1.807) is 19.1 Å². The van der Waals surface area contributed by atoms with Crippen LogP contribution in [0.25, 0.3) is 0 Å². The Labute approximate surface area is 172 Å². The maximum Gasteiger partial charge on any atom is 0.251 e. The zero-order valence-corrected chi connectivity index (χ0v) is 17.8. The van der Waals surface area contributed by atoms with E-state index in [4.69, 9.17) is 4.74 Å². The quantitative estimate of drug-likeness (QED) is 0.704. The fourth-order valence-corrected chi connectivity index (χ4v) is 4.96. The summed E-state index contributed by atoms with van der Waals surface area (Å²) in [6, 6.07) is 13.2. The van der Waals surface area contributed by atoms with Crippen LogP contribution in [-0.4, -0.2) is 51.5 Å². The van der Waals surface area contributed by atoms with Crippen LogP contribution in [-0.2, 0) is 21.2 Å². The van der Waals surface area contributed by atoms with Gasteiger partial charge in [0.2, 0.25) is 10.0 Å². The molecule has 1 aliphatic heterocycles. The lowest BCUT2D eigenvalue weighted by molar-refractivity contribution is 0.0730. The van der Waals surface area contributed by atoms with Crippen molar-refractivity contribution in [3.8, 4) is 0 Å². The number of morpholine rings is 1. The summed E-state index contributed by atoms with van der Waals surface area (Å²) in [6.07, 6.45) is 1.70. The number of rotatable bonds is 7. The summed E-state index contributed by atoms with van der Waals surface area (Å²) in [5.74, 6) is -0.257. The molecule has 3 rings (SSSR count). The summed E-state index contributed by atoms with van der Waals surface area (Å²) >= 11 is 0. The summed E-state index contributed by atoms with van der Waals surface area (Å²) in [4.78, 5) is 12.7. The lowest BCUT2D eigenvalue weighted by Gasteiger charge is -2.26. The minimum absolute atomic E-state index is 0.187. The lowest BCUT2D eigenvalue weighted by Crippen LogP contribution is -2.41. The van der Waals surface area contributed by atoms with Crippen molar-refractivity contribution >= 4 is 15.9 Å². The van der Waals surface area contributed by atoms with Crippen LogP contribution in [0.15, 0.2) is 47.4 Å². The number of benzene rings is 2. The predicted octanol–water partition coefficient (Wildman–Crippen LogP) is 2.69.